The first-order chi connectivity index (χ1) is 19.0. The number of carbonyl (C=O) groups excluding carboxylic acids is 3. The molecule has 0 spiro atoms. The van der Waals surface area contributed by atoms with Crippen molar-refractivity contribution in [2.24, 2.45) is 11.3 Å². The summed E-state index contributed by atoms with van der Waals surface area (Å²) < 4.78 is 0. The Bertz CT molecular complexity index is 1230. The summed E-state index contributed by atoms with van der Waals surface area (Å²) in [5.41, 5.74) is 2.15. The number of amides is 3. The van der Waals surface area contributed by atoms with Gasteiger partial charge in [0.1, 0.15) is 0 Å². The van der Waals surface area contributed by atoms with Crippen LogP contribution in [0.15, 0.2) is 42.7 Å². The highest BCUT2D eigenvalue weighted by molar-refractivity contribution is 6.01. The van der Waals surface area contributed by atoms with Gasteiger partial charge in [-0.05, 0) is 48.1 Å². The molecule has 0 radical (unpaired) electrons. The maximum absolute atomic E-state index is 13.3. The molecule has 214 valence electrons. The van der Waals surface area contributed by atoms with Gasteiger partial charge in [-0.3, -0.25) is 24.2 Å². The van der Waals surface area contributed by atoms with E-state index in [-0.39, 0.29) is 29.6 Å². The summed E-state index contributed by atoms with van der Waals surface area (Å²) in [5, 5.41) is 15.2. The van der Waals surface area contributed by atoms with Crippen molar-refractivity contribution in [3.05, 3.63) is 53.9 Å². The van der Waals surface area contributed by atoms with Crippen LogP contribution in [0, 0.1) is 11.3 Å². The van der Waals surface area contributed by atoms with E-state index in [1.807, 2.05) is 11.0 Å². The number of aromatic nitrogens is 1. The van der Waals surface area contributed by atoms with Crippen LogP contribution in [-0.4, -0.2) is 64.9 Å². The number of carbonyl (C=O) groups is 4. The predicted octanol–water partition coefficient (Wildman–Crippen LogP) is 3.85. The number of nitrogens with one attached hydrogen (secondary N) is 2. The van der Waals surface area contributed by atoms with Gasteiger partial charge in [-0.15, -0.1) is 0 Å². The topological polar surface area (TPSA) is 132 Å². The quantitative estimate of drug-likeness (QED) is 0.433. The summed E-state index contributed by atoms with van der Waals surface area (Å²) >= 11 is 0. The number of nitrogens with zero attached hydrogens (tertiary/aromatic N) is 3. The SMILES string of the molecule is CC(C)(C)CC(=O)N1CCN(c2ccc(C(=O)NC(CC(=O)O)c3cccnc3)cc2NC(=O)C2CCC2)CC1. The van der Waals surface area contributed by atoms with Crippen molar-refractivity contribution < 1.29 is 24.3 Å². The largest absolute Gasteiger partial charge is 0.481 e. The molecule has 4 rings (SSSR count). The molecule has 1 atom stereocenters. The molecule has 1 aliphatic heterocycles. The van der Waals surface area contributed by atoms with Gasteiger partial charge in [0.25, 0.3) is 5.91 Å². The average molecular weight is 550 g/mol. The number of rotatable bonds is 9. The van der Waals surface area contributed by atoms with E-state index < -0.39 is 17.9 Å². The Morgan fingerprint density at radius 2 is 1.80 bits per heavy atom. The third-order valence-electron chi connectivity index (χ3n) is 7.42. The fraction of sp³-hybridized carbons (Fsp3) is 0.500. The number of hydrogen-bond acceptors (Lipinski definition) is 6. The number of carboxylic acid groups (broad SMARTS) is 1. The highest BCUT2D eigenvalue weighted by Crippen LogP contribution is 2.33. The lowest BCUT2D eigenvalue weighted by molar-refractivity contribution is -0.137. The number of piperazine rings is 1. The van der Waals surface area contributed by atoms with Gasteiger partial charge in [0.15, 0.2) is 0 Å². The highest BCUT2D eigenvalue weighted by atomic mass is 16.4. The number of benzene rings is 1. The summed E-state index contributed by atoms with van der Waals surface area (Å²) in [7, 11) is 0. The van der Waals surface area contributed by atoms with Crippen LogP contribution in [0.25, 0.3) is 0 Å². The van der Waals surface area contributed by atoms with Crippen LogP contribution >= 0.6 is 0 Å². The average Bonchev–Trinajstić information content (AvgIpc) is 2.86. The van der Waals surface area contributed by atoms with E-state index in [1.165, 1.54) is 6.20 Å². The van der Waals surface area contributed by atoms with Crippen LogP contribution in [0.3, 0.4) is 0 Å². The number of aliphatic carboxylic acids is 1. The van der Waals surface area contributed by atoms with Crippen molar-refractivity contribution in [1.82, 2.24) is 15.2 Å². The first-order valence-corrected chi connectivity index (χ1v) is 13.9. The van der Waals surface area contributed by atoms with Crippen LogP contribution in [0.5, 0.6) is 0 Å². The van der Waals surface area contributed by atoms with E-state index in [2.05, 4.69) is 41.3 Å². The molecule has 3 N–H and O–H groups in total. The van der Waals surface area contributed by atoms with Gasteiger partial charge in [0, 0.05) is 56.5 Å². The van der Waals surface area contributed by atoms with Gasteiger partial charge in [0.2, 0.25) is 11.8 Å². The second kappa shape index (κ2) is 12.5. The molecule has 10 heteroatoms. The van der Waals surface area contributed by atoms with E-state index in [1.54, 1.807) is 30.5 Å². The third kappa shape index (κ3) is 7.58. The third-order valence-corrected chi connectivity index (χ3v) is 7.42. The van der Waals surface area contributed by atoms with Gasteiger partial charge in [-0.25, -0.2) is 0 Å². The molecule has 0 bridgehead atoms. The number of anilines is 2. The molecule has 2 fully saturated rings. The summed E-state index contributed by atoms with van der Waals surface area (Å²) in [6.07, 6.45) is 6.03. The lowest BCUT2D eigenvalue weighted by Gasteiger charge is -2.38. The van der Waals surface area contributed by atoms with Crippen molar-refractivity contribution in [2.45, 2.75) is 58.9 Å². The molecule has 2 aliphatic rings. The number of carboxylic acids is 1. The maximum Gasteiger partial charge on any atom is 0.305 e. The van der Waals surface area contributed by atoms with Crippen molar-refractivity contribution in [2.75, 3.05) is 36.4 Å². The van der Waals surface area contributed by atoms with Gasteiger partial charge < -0.3 is 25.5 Å². The molecular formula is C30H39N5O5. The molecule has 2 heterocycles. The van der Waals surface area contributed by atoms with E-state index in [4.69, 9.17) is 0 Å². The molecule has 1 aromatic heterocycles. The van der Waals surface area contributed by atoms with E-state index in [0.717, 1.165) is 24.9 Å². The normalized spacial score (nSPS) is 16.6. The van der Waals surface area contributed by atoms with Gasteiger partial charge >= 0.3 is 5.97 Å². The van der Waals surface area contributed by atoms with Crippen LogP contribution in [0.4, 0.5) is 11.4 Å². The van der Waals surface area contributed by atoms with E-state index >= 15 is 0 Å². The zero-order chi connectivity index (χ0) is 28.9. The standard InChI is InChI=1S/C30H39N5O5/c1-30(2,3)18-26(36)35-14-12-34(13-15-35)25-10-9-21(16-24(25)33-28(39)20-6-4-7-20)29(40)32-23(17-27(37)38)22-8-5-11-31-19-22/h5,8-11,16,19-20,23H,4,6-7,12-15,17-18H2,1-3H3,(H,32,40)(H,33,39)(H,37,38). The Labute approximate surface area is 235 Å². The second-order valence-corrected chi connectivity index (χ2v) is 11.9. The molecular weight excluding hydrogens is 510 g/mol. The summed E-state index contributed by atoms with van der Waals surface area (Å²) in [6.45, 7) is 8.53. The van der Waals surface area contributed by atoms with Crippen molar-refractivity contribution in [1.29, 1.82) is 0 Å². The fourth-order valence-corrected chi connectivity index (χ4v) is 4.97. The zero-order valence-electron chi connectivity index (χ0n) is 23.5. The number of pyridine rings is 1. The maximum atomic E-state index is 13.3. The lowest BCUT2D eigenvalue weighted by Crippen LogP contribution is -2.49. The fourth-order valence-electron chi connectivity index (χ4n) is 4.97. The van der Waals surface area contributed by atoms with Crippen LogP contribution in [0.2, 0.25) is 0 Å². The van der Waals surface area contributed by atoms with Gasteiger partial charge in [-0.2, -0.15) is 0 Å². The Kier molecular flexibility index (Phi) is 9.07. The predicted molar refractivity (Wildman–Crippen MR) is 152 cm³/mol. The molecule has 40 heavy (non-hydrogen) atoms. The molecule has 1 aliphatic carbocycles. The second-order valence-electron chi connectivity index (χ2n) is 11.9. The lowest BCUT2D eigenvalue weighted by atomic mass is 9.85. The van der Waals surface area contributed by atoms with Crippen LogP contribution in [-0.2, 0) is 14.4 Å². The Balaban J connectivity index is 1.53. The Morgan fingerprint density at radius 1 is 1.07 bits per heavy atom. The molecule has 1 saturated carbocycles. The monoisotopic (exact) mass is 549 g/mol. The molecule has 1 aromatic carbocycles. The molecule has 3 amide bonds. The summed E-state index contributed by atoms with van der Waals surface area (Å²) in [5.74, 6) is -1.45. The number of hydrogen-bond donors (Lipinski definition) is 3. The van der Waals surface area contributed by atoms with Crippen molar-refractivity contribution >= 4 is 35.1 Å². The van der Waals surface area contributed by atoms with Crippen molar-refractivity contribution in [3.63, 3.8) is 0 Å². The Morgan fingerprint density at radius 3 is 2.38 bits per heavy atom. The van der Waals surface area contributed by atoms with Gasteiger partial charge in [0.05, 0.1) is 23.8 Å². The molecule has 2 aromatic rings. The summed E-state index contributed by atoms with van der Waals surface area (Å²) in [6, 6.07) is 7.80. The minimum absolute atomic E-state index is 0.0391. The van der Waals surface area contributed by atoms with Crippen LogP contribution < -0.4 is 15.5 Å². The van der Waals surface area contributed by atoms with Crippen molar-refractivity contribution in [3.8, 4) is 0 Å². The first kappa shape index (κ1) is 29.0. The molecule has 10 nitrogen and oxygen atoms in total. The van der Waals surface area contributed by atoms with Crippen LogP contribution in [0.1, 0.15) is 74.8 Å². The first-order valence-electron chi connectivity index (χ1n) is 13.9. The Hall–Kier alpha value is -3.95. The van der Waals surface area contributed by atoms with E-state index in [0.29, 0.717) is 49.4 Å². The van der Waals surface area contributed by atoms with E-state index in [9.17, 15) is 24.3 Å². The smallest absolute Gasteiger partial charge is 0.305 e. The minimum Gasteiger partial charge on any atom is -0.481 e. The molecule has 1 saturated heterocycles. The van der Waals surface area contributed by atoms with Gasteiger partial charge in [-0.1, -0.05) is 33.3 Å². The minimum atomic E-state index is -1.04. The highest BCUT2D eigenvalue weighted by Gasteiger charge is 2.29. The zero-order valence-corrected chi connectivity index (χ0v) is 23.5. The summed E-state index contributed by atoms with van der Waals surface area (Å²) in [4.78, 5) is 58.4. The molecule has 1 unspecified atom stereocenters.